The molecule has 132 valence electrons. The highest BCUT2D eigenvalue weighted by molar-refractivity contribution is 7.08. The van der Waals surface area contributed by atoms with Crippen LogP contribution in [0.3, 0.4) is 0 Å². The first-order valence-electron chi connectivity index (χ1n) is 7.92. The smallest absolute Gasteiger partial charge is 0.258 e. The number of aryl methyl sites for hydroxylation is 1. The second-order valence-corrected chi connectivity index (χ2v) is 6.83. The van der Waals surface area contributed by atoms with Crippen molar-refractivity contribution in [2.75, 3.05) is 0 Å². The quantitative estimate of drug-likeness (QED) is 0.298. The normalized spacial score (nSPS) is 10.0. The monoisotopic (exact) mass is 370 g/mol. The van der Waals surface area contributed by atoms with Crippen LogP contribution in [0, 0.1) is 20.2 Å². The Balaban J connectivity index is 0.000000243. The van der Waals surface area contributed by atoms with Crippen LogP contribution >= 0.6 is 22.7 Å². The van der Waals surface area contributed by atoms with Gasteiger partial charge in [-0.3, -0.25) is 20.2 Å². The van der Waals surface area contributed by atoms with Crippen LogP contribution in [-0.4, -0.2) is 9.85 Å². The van der Waals surface area contributed by atoms with E-state index < -0.39 is 21.2 Å². The van der Waals surface area contributed by atoms with Gasteiger partial charge in [0.2, 0.25) is 0 Å². The van der Waals surface area contributed by atoms with Crippen molar-refractivity contribution in [1.82, 2.24) is 0 Å². The molecule has 0 aromatic carbocycles. The van der Waals surface area contributed by atoms with Crippen molar-refractivity contribution in [2.45, 2.75) is 51.9 Å². The minimum Gasteiger partial charge on any atom is -0.258 e. The largest absolute Gasteiger partial charge is 0.356 e. The van der Waals surface area contributed by atoms with Crippen molar-refractivity contribution in [3.8, 4) is 0 Å². The molecule has 0 atom stereocenters. The molecule has 0 bridgehead atoms. The van der Waals surface area contributed by atoms with Crippen molar-refractivity contribution >= 4 is 34.0 Å². The number of nitrogens with zero attached hydrogens (tertiary/aromatic N) is 2. The first-order chi connectivity index (χ1) is 11.6. The molecule has 0 fully saturated rings. The third-order valence-corrected chi connectivity index (χ3v) is 4.87. The zero-order valence-electron chi connectivity index (χ0n) is 13.7. The van der Waals surface area contributed by atoms with E-state index in [1.165, 1.54) is 50.5 Å². The fourth-order valence-electron chi connectivity index (χ4n) is 2.10. The van der Waals surface area contributed by atoms with Crippen LogP contribution in [-0.2, 0) is 6.42 Å². The maximum Gasteiger partial charge on any atom is 0.356 e. The van der Waals surface area contributed by atoms with Crippen LogP contribution in [0.2, 0.25) is 0 Å². The van der Waals surface area contributed by atoms with Crippen molar-refractivity contribution in [1.29, 1.82) is 0 Å². The summed E-state index contributed by atoms with van der Waals surface area (Å²) >= 11 is 2.75. The summed E-state index contributed by atoms with van der Waals surface area (Å²) in [4.78, 5) is 18.7. The minimum atomic E-state index is -0.769. The van der Waals surface area contributed by atoms with Crippen molar-refractivity contribution in [3.05, 3.63) is 53.4 Å². The van der Waals surface area contributed by atoms with Crippen LogP contribution in [0.25, 0.3) is 0 Å². The SMILES string of the molecule is CCCCCCCCc1ccsc1.O=[N+]([O-])c1cscc1[N+](=O)[O-]. The molecule has 8 heteroatoms. The number of nitro groups is 2. The van der Waals surface area contributed by atoms with Gasteiger partial charge in [-0.05, 0) is 35.2 Å². The van der Waals surface area contributed by atoms with Gasteiger partial charge in [-0.15, -0.1) is 11.3 Å². The van der Waals surface area contributed by atoms with Crippen molar-refractivity contribution < 1.29 is 9.85 Å². The van der Waals surface area contributed by atoms with E-state index in [1.54, 1.807) is 0 Å². The van der Waals surface area contributed by atoms with E-state index >= 15 is 0 Å². The van der Waals surface area contributed by atoms with Gasteiger partial charge in [0.25, 0.3) is 0 Å². The van der Waals surface area contributed by atoms with Gasteiger partial charge in [0, 0.05) is 0 Å². The summed E-state index contributed by atoms with van der Waals surface area (Å²) in [6, 6.07) is 2.25. The van der Waals surface area contributed by atoms with E-state index in [0.29, 0.717) is 0 Å². The van der Waals surface area contributed by atoms with E-state index in [1.807, 2.05) is 11.3 Å². The van der Waals surface area contributed by atoms with Crippen LogP contribution in [0.15, 0.2) is 27.6 Å². The maximum absolute atomic E-state index is 10.1. The minimum absolute atomic E-state index is 0.444. The van der Waals surface area contributed by atoms with E-state index in [9.17, 15) is 20.2 Å². The molecule has 2 rings (SSSR count). The first-order valence-corrected chi connectivity index (χ1v) is 9.80. The lowest BCUT2D eigenvalue weighted by Crippen LogP contribution is -1.91. The van der Waals surface area contributed by atoms with Crippen LogP contribution in [0.4, 0.5) is 11.4 Å². The average molecular weight is 370 g/mol. The molecule has 0 amide bonds. The van der Waals surface area contributed by atoms with Gasteiger partial charge in [0.05, 0.1) is 20.6 Å². The molecule has 6 nitrogen and oxygen atoms in total. The Kier molecular flexibility index (Phi) is 9.86. The summed E-state index contributed by atoms with van der Waals surface area (Å²) in [6.45, 7) is 2.27. The Morgan fingerprint density at radius 2 is 1.46 bits per heavy atom. The van der Waals surface area contributed by atoms with Crippen LogP contribution in [0.5, 0.6) is 0 Å². The lowest BCUT2D eigenvalue weighted by molar-refractivity contribution is -0.421. The molecule has 0 spiro atoms. The van der Waals surface area contributed by atoms with Crippen LogP contribution in [0.1, 0.15) is 51.0 Å². The summed E-state index contributed by atoms with van der Waals surface area (Å²) in [5.41, 5.74) is 0.639. The Hall–Kier alpha value is -1.80. The molecule has 24 heavy (non-hydrogen) atoms. The molecule has 2 aromatic rings. The zero-order valence-corrected chi connectivity index (χ0v) is 15.3. The number of hydrogen-bond acceptors (Lipinski definition) is 6. The number of rotatable bonds is 9. The Morgan fingerprint density at radius 3 is 1.96 bits per heavy atom. The number of thiophene rings is 2. The molecule has 0 aliphatic heterocycles. The van der Waals surface area contributed by atoms with Gasteiger partial charge in [-0.1, -0.05) is 39.0 Å². The molecule has 0 saturated heterocycles. The summed E-state index contributed by atoms with van der Waals surface area (Å²) in [5, 5.41) is 26.9. The third-order valence-electron chi connectivity index (χ3n) is 3.41. The van der Waals surface area contributed by atoms with Crippen molar-refractivity contribution in [2.24, 2.45) is 0 Å². The molecule has 0 aliphatic rings. The first kappa shape index (κ1) is 20.2. The van der Waals surface area contributed by atoms with Gasteiger partial charge < -0.3 is 0 Å². The highest BCUT2D eigenvalue weighted by Crippen LogP contribution is 2.29. The predicted molar refractivity (Wildman–Crippen MR) is 99.0 cm³/mol. The zero-order chi connectivity index (χ0) is 17.8. The second-order valence-electron chi connectivity index (χ2n) is 5.31. The maximum atomic E-state index is 10.1. The predicted octanol–water partition coefficient (Wildman–Crippen LogP) is 6.22. The number of hydrogen-bond donors (Lipinski definition) is 0. The molecular formula is C16H22N2O4S2. The Bertz CT molecular complexity index is 583. The van der Waals surface area contributed by atoms with Crippen molar-refractivity contribution in [3.63, 3.8) is 0 Å². The lowest BCUT2D eigenvalue weighted by Gasteiger charge is -1.99. The average Bonchev–Trinajstić information content (AvgIpc) is 3.22. The molecule has 0 unspecified atom stereocenters. The van der Waals surface area contributed by atoms with Gasteiger partial charge in [-0.25, -0.2) is 0 Å². The van der Waals surface area contributed by atoms with Gasteiger partial charge in [-0.2, -0.15) is 11.3 Å². The topological polar surface area (TPSA) is 86.3 Å². The van der Waals surface area contributed by atoms with E-state index in [4.69, 9.17) is 0 Å². The standard InChI is InChI=1S/C12H20S.C4H2N2O4S/c1-2-3-4-5-6-7-8-12-9-10-13-11-12;7-5(8)3-1-11-2-4(3)6(9)10/h9-11H,2-8H2,1H3;1-2H. The highest BCUT2D eigenvalue weighted by atomic mass is 32.1. The molecule has 2 aromatic heterocycles. The van der Waals surface area contributed by atoms with Gasteiger partial charge in [0.15, 0.2) is 0 Å². The summed E-state index contributed by atoms with van der Waals surface area (Å²) in [5.74, 6) is 0. The summed E-state index contributed by atoms with van der Waals surface area (Å²) < 4.78 is 0. The second kappa shape index (κ2) is 11.7. The van der Waals surface area contributed by atoms with Gasteiger partial charge in [0.1, 0.15) is 0 Å². The number of unbranched alkanes of at least 4 members (excludes halogenated alkanes) is 5. The molecular weight excluding hydrogens is 348 g/mol. The van der Waals surface area contributed by atoms with Gasteiger partial charge >= 0.3 is 11.4 Å². The molecule has 0 aliphatic carbocycles. The fraction of sp³-hybridized carbons (Fsp3) is 0.500. The molecule has 2 heterocycles. The molecule has 0 saturated carbocycles. The summed E-state index contributed by atoms with van der Waals surface area (Å²) in [6.07, 6.45) is 9.70. The van der Waals surface area contributed by atoms with E-state index in [-0.39, 0.29) is 0 Å². The van der Waals surface area contributed by atoms with E-state index in [0.717, 1.165) is 22.1 Å². The molecule has 0 radical (unpaired) electrons. The molecule has 0 N–H and O–H groups in total. The third kappa shape index (κ3) is 7.65. The highest BCUT2D eigenvalue weighted by Gasteiger charge is 2.24. The van der Waals surface area contributed by atoms with E-state index in [2.05, 4.69) is 23.8 Å². The fourth-order valence-corrected chi connectivity index (χ4v) is 3.54. The van der Waals surface area contributed by atoms with Crippen LogP contribution < -0.4 is 0 Å². The Morgan fingerprint density at radius 1 is 0.875 bits per heavy atom. The Labute approximate surface area is 149 Å². The summed E-state index contributed by atoms with van der Waals surface area (Å²) in [7, 11) is 0. The lowest BCUT2D eigenvalue weighted by atomic mass is 10.1.